The van der Waals surface area contributed by atoms with Gasteiger partial charge in [-0.25, -0.2) is 0 Å². The van der Waals surface area contributed by atoms with Crippen LogP contribution in [0.4, 0.5) is 5.69 Å². The second-order valence-corrected chi connectivity index (χ2v) is 6.30. The maximum atomic E-state index is 12.4. The van der Waals surface area contributed by atoms with Gasteiger partial charge in [0.2, 0.25) is 11.8 Å². The fourth-order valence-electron chi connectivity index (χ4n) is 3.04. The predicted octanol–water partition coefficient (Wildman–Crippen LogP) is 2.96. The van der Waals surface area contributed by atoms with Crippen LogP contribution in [0.3, 0.4) is 0 Å². The van der Waals surface area contributed by atoms with Gasteiger partial charge in [-0.2, -0.15) is 0 Å². The zero-order valence-electron chi connectivity index (χ0n) is 13.8. The average Bonchev–Trinajstić information content (AvgIpc) is 3.02. The Bertz CT molecular complexity index is 700. The first-order chi connectivity index (χ1) is 11.6. The van der Waals surface area contributed by atoms with Gasteiger partial charge in [-0.05, 0) is 23.6 Å². The molecule has 0 aliphatic carbocycles. The lowest BCUT2D eigenvalue weighted by molar-refractivity contribution is -0.126. The molecule has 2 amide bonds. The van der Waals surface area contributed by atoms with E-state index in [2.05, 4.69) is 24.4 Å². The molecule has 1 N–H and O–H groups in total. The van der Waals surface area contributed by atoms with E-state index in [1.54, 1.807) is 4.90 Å². The molecule has 1 heterocycles. The molecule has 0 unspecified atom stereocenters. The second-order valence-electron chi connectivity index (χ2n) is 6.30. The smallest absolute Gasteiger partial charge is 0.227 e. The molecule has 2 aromatic rings. The summed E-state index contributed by atoms with van der Waals surface area (Å²) in [4.78, 5) is 26.3. The standard InChI is InChI=1S/C20H22N2O2/c1-15(16-8-4-2-5-9-16)13-21-20(24)17-12-19(23)22(14-17)18-10-6-3-7-11-18/h2-11,15,17H,12-14H2,1H3,(H,21,24)/t15-,17+/m1/s1. The number of benzene rings is 2. The van der Waals surface area contributed by atoms with Crippen molar-refractivity contribution in [3.8, 4) is 0 Å². The van der Waals surface area contributed by atoms with Crippen LogP contribution < -0.4 is 10.2 Å². The average molecular weight is 322 g/mol. The van der Waals surface area contributed by atoms with E-state index in [0.717, 1.165) is 5.69 Å². The van der Waals surface area contributed by atoms with Gasteiger partial charge in [0, 0.05) is 25.2 Å². The fourth-order valence-corrected chi connectivity index (χ4v) is 3.04. The third-order valence-electron chi connectivity index (χ3n) is 4.51. The van der Waals surface area contributed by atoms with Crippen LogP contribution in [0, 0.1) is 5.92 Å². The van der Waals surface area contributed by atoms with Gasteiger partial charge < -0.3 is 10.2 Å². The fraction of sp³-hybridized carbons (Fsp3) is 0.300. The van der Waals surface area contributed by atoms with Crippen molar-refractivity contribution in [1.29, 1.82) is 0 Å². The monoisotopic (exact) mass is 322 g/mol. The Balaban J connectivity index is 1.56. The van der Waals surface area contributed by atoms with E-state index < -0.39 is 0 Å². The first-order valence-electron chi connectivity index (χ1n) is 8.33. The van der Waals surface area contributed by atoms with Crippen LogP contribution in [0.2, 0.25) is 0 Å². The number of amides is 2. The zero-order valence-corrected chi connectivity index (χ0v) is 13.8. The molecule has 2 aromatic carbocycles. The number of anilines is 1. The summed E-state index contributed by atoms with van der Waals surface area (Å²) in [5.74, 6) is -0.0554. The van der Waals surface area contributed by atoms with Gasteiger partial charge in [-0.3, -0.25) is 9.59 Å². The molecule has 1 saturated heterocycles. The number of para-hydroxylation sites is 1. The number of nitrogens with one attached hydrogen (secondary N) is 1. The lowest BCUT2D eigenvalue weighted by Crippen LogP contribution is -2.35. The Hall–Kier alpha value is -2.62. The third kappa shape index (κ3) is 3.65. The van der Waals surface area contributed by atoms with Crippen molar-refractivity contribution in [2.24, 2.45) is 5.92 Å². The molecule has 2 atom stereocenters. The van der Waals surface area contributed by atoms with Gasteiger partial charge in [0.25, 0.3) is 0 Å². The molecule has 1 aliphatic rings. The van der Waals surface area contributed by atoms with Gasteiger partial charge in [-0.15, -0.1) is 0 Å². The molecule has 1 fully saturated rings. The van der Waals surface area contributed by atoms with Gasteiger partial charge in [0.1, 0.15) is 0 Å². The van der Waals surface area contributed by atoms with Gasteiger partial charge in [0.05, 0.1) is 5.92 Å². The van der Waals surface area contributed by atoms with Crippen LogP contribution >= 0.6 is 0 Å². The van der Waals surface area contributed by atoms with E-state index in [0.29, 0.717) is 13.1 Å². The van der Waals surface area contributed by atoms with Crippen LogP contribution in [-0.2, 0) is 9.59 Å². The summed E-state index contributed by atoms with van der Waals surface area (Å²) >= 11 is 0. The van der Waals surface area contributed by atoms with E-state index >= 15 is 0 Å². The summed E-state index contributed by atoms with van der Waals surface area (Å²) in [6.45, 7) is 3.12. The van der Waals surface area contributed by atoms with Crippen molar-refractivity contribution in [3.63, 3.8) is 0 Å². The molecule has 0 radical (unpaired) electrons. The highest BCUT2D eigenvalue weighted by atomic mass is 16.2. The first-order valence-corrected chi connectivity index (χ1v) is 8.33. The largest absolute Gasteiger partial charge is 0.355 e. The molecule has 0 bridgehead atoms. The third-order valence-corrected chi connectivity index (χ3v) is 4.51. The maximum Gasteiger partial charge on any atom is 0.227 e. The first kappa shape index (κ1) is 16.2. The minimum absolute atomic E-state index is 0.0115. The highest BCUT2D eigenvalue weighted by molar-refractivity contribution is 6.00. The normalized spacial score (nSPS) is 18.5. The van der Waals surface area contributed by atoms with Crippen molar-refractivity contribution in [2.45, 2.75) is 19.3 Å². The molecular weight excluding hydrogens is 300 g/mol. The molecule has 3 rings (SSSR count). The van der Waals surface area contributed by atoms with Crippen molar-refractivity contribution in [3.05, 3.63) is 66.2 Å². The van der Waals surface area contributed by atoms with E-state index in [1.165, 1.54) is 5.56 Å². The Morgan fingerprint density at radius 3 is 2.42 bits per heavy atom. The van der Waals surface area contributed by atoms with Crippen LogP contribution in [0.5, 0.6) is 0 Å². The Morgan fingerprint density at radius 2 is 1.75 bits per heavy atom. The van der Waals surface area contributed by atoms with E-state index in [4.69, 9.17) is 0 Å². The highest BCUT2D eigenvalue weighted by Crippen LogP contribution is 2.25. The summed E-state index contributed by atoms with van der Waals surface area (Å²) in [7, 11) is 0. The number of carbonyl (C=O) groups is 2. The number of rotatable bonds is 5. The van der Waals surface area contributed by atoms with Gasteiger partial charge in [-0.1, -0.05) is 55.5 Å². The van der Waals surface area contributed by atoms with E-state index in [1.807, 2.05) is 48.5 Å². The number of hydrogen-bond acceptors (Lipinski definition) is 2. The Labute approximate surface area is 142 Å². The SMILES string of the molecule is C[C@H](CNC(=O)[C@H]1CC(=O)N(c2ccccc2)C1)c1ccccc1. The van der Waals surface area contributed by atoms with Crippen molar-refractivity contribution in [1.82, 2.24) is 5.32 Å². The number of nitrogens with zero attached hydrogens (tertiary/aromatic N) is 1. The summed E-state index contributed by atoms with van der Waals surface area (Å²) in [5, 5.41) is 3.00. The van der Waals surface area contributed by atoms with E-state index in [9.17, 15) is 9.59 Å². The molecule has 124 valence electrons. The van der Waals surface area contributed by atoms with Crippen molar-refractivity contribution in [2.75, 3.05) is 18.0 Å². The zero-order chi connectivity index (χ0) is 16.9. The molecule has 4 nitrogen and oxygen atoms in total. The van der Waals surface area contributed by atoms with Gasteiger partial charge >= 0.3 is 0 Å². The second kappa shape index (κ2) is 7.30. The lowest BCUT2D eigenvalue weighted by Gasteiger charge is -2.17. The maximum absolute atomic E-state index is 12.4. The molecule has 0 aromatic heterocycles. The van der Waals surface area contributed by atoms with Crippen LogP contribution in [0.15, 0.2) is 60.7 Å². The molecule has 0 spiro atoms. The predicted molar refractivity (Wildman–Crippen MR) is 94.8 cm³/mol. The molecule has 24 heavy (non-hydrogen) atoms. The van der Waals surface area contributed by atoms with Crippen molar-refractivity contribution >= 4 is 17.5 Å². The summed E-state index contributed by atoms with van der Waals surface area (Å²) in [6, 6.07) is 19.6. The molecule has 0 saturated carbocycles. The molecular formula is C20H22N2O2. The summed E-state index contributed by atoms with van der Waals surface area (Å²) < 4.78 is 0. The van der Waals surface area contributed by atoms with E-state index in [-0.39, 0.29) is 30.1 Å². The summed E-state index contributed by atoms with van der Waals surface area (Å²) in [5.41, 5.74) is 2.06. The van der Waals surface area contributed by atoms with Crippen LogP contribution in [0.1, 0.15) is 24.8 Å². The van der Waals surface area contributed by atoms with Gasteiger partial charge in [0.15, 0.2) is 0 Å². The number of carbonyl (C=O) groups excluding carboxylic acids is 2. The van der Waals surface area contributed by atoms with Crippen molar-refractivity contribution < 1.29 is 9.59 Å². The Kier molecular flexibility index (Phi) is 4.94. The quantitative estimate of drug-likeness (QED) is 0.920. The van der Waals surface area contributed by atoms with Crippen LogP contribution in [-0.4, -0.2) is 24.9 Å². The van der Waals surface area contributed by atoms with Crippen LogP contribution in [0.25, 0.3) is 0 Å². The minimum atomic E-state index is -0.277. The summed E-state index contributed by atoms with van der Waals surface area (Å²) in [6.07, 6.45) is 0.278. The molecule has 4 heteroatoms. The Morgan fingerprint density at radius 1 is 1.12 bits per heavy atom. The lowest BCUT2D eigenvalue weighted by atomic mass is 10.0. The minimum Gasteiger partial charge on any atom is -0.355 e. The highest BCUT2D eigenvalue weighted by Gasteiger charge is 2.34. The number of hydrogen-bond donors (Lipinski definition) is 1. The molecule has 1 aliphatic heterocycles. The topological polar surface area (TPSA) is 49.4 Å².